The lowest BCUT2D eigenvalue weighted by atomic mass is 10.1. The smallest absolute Gasteiger partial charge is 0.319 e. The zero-order valence-corrected chi connectivity index (χ0v) is 14.9. The first-order valence-corrected chi connectivity index (χ1v) is 8.68. The lowest BCUT2D eigenvalue weighted by molar-refractivity contribution is 0.0793. The Bertz CT molecular complexity index is 580. The fraction of sp³-hybridized carbons (Fsp3) is 0.556. The Morgan fingerprint density at radius 2 is 1.92 bits per heavy atom. The van der Waals surface area contributed by atoms with E-state index >= 15 is 0 Å². The molecule has 132 valence electrons. The Hall–Kier alpha value is -2.24. The number of urea groups is 1. The molecule has 6 heteroatoms. The van der Waals surface area contributed by atoms with Crippen LogP contribution in [0, 0.1) is 0 Å². The molecule has 0 radical (unpaired) electrons. The van der Waals surface area contributed by atoms with Crippen molar-refractivity contribution in [2.45, 2.75) is 32.6 Å². The largest absolute Gasteiger partial charge is 0.377 e. The molecule has 0 unspecified atom stereocenters. The third-order valence-electron chi connectivity index (χ3n) is 4.18. The van der Waals surface area contributed by atoms with Crippen LogP contribution in [0.15, 0.2) is 18.2 Å². The molecule has 1 heterocycles. The van der Waals surface area contributed by atoms with E-state index in [0.29, 0.717) is 17.8 Å². The highest BCUT2D eigenvalue weighted by atomic mass is 16.2. The standard InChI is InChI=1S/C18H28N4O2/c1-4-5-10-19-18(24)20-14-8-9-16(21(2)3)15(13-14)17(23)22-11-6-7-12-22/h8-9,13H,4-7,10-12H2,1-3H3,(H2,19,20,24). The van der Waals surface area contributed by atoms with Gasteiger partial charge in [-0.25, -0.2) is 4.79 Å². The van der Waals surface area contributed by atoms with Gasteiger partial charge in [0.2, 0.25) is 0 Å². The third kappa shape index (κ3) is 4.63. The fourth-order valence-corrected chi connectivity index (χ4v) is 2.82. The Morgan fingerprint density at radius 1 is 1.21 bits per heavy atom. The van der Waals surface area contributed by atoms with Gasteiger partial charge in [-0.3, -0.25) is 4.79 Å². The van der Waals surface area contributed by atoms with Crippen LogP contribution in [-0.2, 0) is 0 Å². The van der Waals surface area contributed by atoms with Gasteiger partial charge in [0.05, 0.1) is 5.56 Å². The summed E-state index contributed by atoms with van der Waals surface area (Å²) < 4.78 is 0. The van der Waals surface area contributed by atoms with E-state index in [9.17, 15) is 9.59 Å². The number of rotatable bonds is 6. The van der Waals surface area contributed by atoms with Gasteiger partial charge in [0.1, 0.15) is 0 Å². The summed E-state index contributed by atoms with van der Waals surface area (Å²) in [7, 11) is 3.83. The summed E-state index contributed by atoms with van der Waals surface area (Å²) in [6, 6.07) is 5.25. The van der Waals surface area contributed by atoms with Crippen molar-refractivity contribution >= 4 is 23.3 Å². The number of anilines is 2. The van der Waals surface area contributed by atoms with Crippen molar-refractivity contribution in [1.29, 1.82) is 0 Å². The predicted molar refractivity (Wildman–Crippen MR) is 97.8 cm³/mol. The van der Waals surface area contributed by atoms with Crippen molar-refractivity contribution < 1.29 is 9.59 Å². The van der Waals surface area contributed by atoms with Crippen molar-refractivity contribution in [3.63, 3.8) is 0 Å². The summed E-state index contributed by atoms with van der Waals surface area (Å²) in [5.41, 5.74) is 2.13. The molecule has 6 nitrogen and oxygen atoms in total. The van der Waals surface area contributed by atoms with Crippen LogP contribution < -0.4 is 15.5 Å². The molecule has 0 aromatic heterocycles. The van der Waals surface area contributed by atoms with Gasteiger partial charge in [0.25, 0.3) is 5.91 Å². The molecule has 1 saturated heterocycles. The third-order valence-corrected chi connectivity index (χ3v) is 4.18. The van der Waals surface area contributed by atoms with Crippen LogP contribution in [0.4, 0.5) is 16.2 Å². The molecule has 0 bridgehead atoms. The molecule has 1 aliphatic heterocycles. The van der Waals surface area contributed by atoms with Crippen molar-refractivity contribution in [2.75, 3.05) is 43.9 Å². The monoisotopic (exact) mass is 332 g/mol. The van der Waals surface area contributed by atoms with Crippen LogP contribution in [0.1, 0.15) is 43.0 Å². The van der Waals surface area contributed by atoms with Gasteiger partial charge in [-0.05, 0) is 37.5 Å². The van der Waals surface area contributed by atoms with Crippen LogP contribution >= 0.6 is 0 Å². The van der Waals surface area contributed by atoms with E-state index in [1.54, 1.807) is 6.07 Å². The molecule has 1 aromatic rings. The Kier molecular flexibility index (Phi) is 6.46. The maximum Gasteiger partial charge on any atom is 0.319 e. The highest BCUT2D eigenvalue weighted by Crippen LogP contribution is 2.25. The SMILES string of the molecule is CCCCNC(=O)Nc1ccc(N(C)C)c(C(=O)N2CCCC2)c1. The number of carbonyl (C=O) groups is 2. The first-order chi connectivity index (χ1) is 11.5. The molecular weight excluding hydrogens is 304 g/mol. The topological polar surface area (TPSA) is 64.7 Å². The van der Waals surface area contributed by atoms with Crippen molar-refractivity contribution in [3.8, 4) is 0 Å². The van der Waals surface area contributed by atoms with Crippen LogP contribution in [-0.4, -0.2) is 50.6 Å². The number of hydrogen-bond acceptors (Lipinski definition) is 3. The van der Waals surface area contributed by atoms with E-state index < -0.39 is 0 Å². The number of nitrogens with one attached hydrogen (secondary N) is 2. The summed E-state index contributed by atoms with van der Waals surface area (Å²) >= 11 is 0. The van der Waals surface area contributed by atoms with E-state index in [4.69, 9.17) is 0 Å². The average molecular weight is 332 g/mol. The summed E-state index contributed by atoms with van der Waals surface area (Å²) in [5.74, 6) is 0.0336. The molecule has 2 rings (SSSR count). The Labute approximate surface area is 144 Å². The fourth-order valence-electron chi connectivity index (χ4n) is 2.82. The maximum atomic E-state index is 12.8. The summed E-state index contributed by atoms with van der Waals surface area (Å²) in [6.45, 7) is 4.34. The number of hydrogen-bond donors (Lipinski definition) is 2. The second-order valence-corrected chi connectivity index (χ2v) is 6.36. The lowest BCUT2D eigenvalue weighted by Gasteiger charge is -2.22. The van der Waals surface area contributed by atoms with E-state index in [0.717, 1.165) is 44.5 Å². The molecule has 2 N–H and O–H groups in total. The van der Waals surface area contributed by atoms with Gasteiger partial charge in [-0.15, -0.1) is 0 Å². The van der Waals surface area contributed by atoms with Gasteiger partial charge in [0, 0.05) is 45.1 Å². The zero-order chi connectivity index (χ0) is 17.5. The number of carbonyl (C=O) groups excluding carboxylic acids is 2. The van der Waals surface area contributed by atoms with Gasteiger partial charge >= 0.3 is 6.03 Å². The van der Waals surface area contributed by atoms with Gasteiger partial charge in [-0.2, -0.15) is 0 Å². The highest BCUT2D eigenvalue weighted by molar-refractivity contribution is 6.02. The van der Waals surface area contributed by atoms with Crippen LogP contribution in [0.25, 0.3) is 0 Å². The second-order valence-electron chi connectivity index (χ2n) is 6.36. The molecule has 3 amide bonds. The number of unbranched alkanes of at least 4 members (excludes halogenated alkanes) is 1. The van der Waals surface area contributed by atoms with Crippen molar-refractivity contribution in [1.82, 2.24) is 10.2 Å². The van der Waals surface area contributed by atoms with Gasteiger partial charge < -0.3 is 20.4 Å². The quantitative estimate of drug-likeness (QED) is 0.787. The number of benzene rings is 1. The van der Waals surface area contributed by atoms with Gasteiger partial charge in [0.15, 0.2) is 0 Å². The molecule has 0 atom stereocenters. The molecule has 1 aromatic carbocycles. The van der Waals surface area contributed by atoms with Crippen LogP contribution in [0.3, 0.4) is 0 Å². The second kappa shape index (κ2) is 8.57. The maximum absolute atomic E-state index is 12.8. The highest BCUT2D eigenvalue weighted by Gasteiger charge is 2.23. The molecule has 0 spiro atoms. The predicted octanol–water partition coefficient (Wildman–Crippen LogP) is 2.91. The molecule has 1 aliphatic rings. The summed E-state index contributed by atoms with van der Waals surface area (Å²) in [5, 5.41) is 5.63. The van der Waals surface area contributed by atoms with E-state index in [2.05, 4.69) is 17.6 Å². The van der Waals surface area contributed by atoms with E-state index in [1.165, 1.54) is 0 Å². The Morgan fingerprint density at radius 3 is 2.54 bits per heavy atom. The first kappa shape index (κ1) is 18.1. The van der Waals surface area contributed by atoms with Crippen molar-refractivity contribution in [3.05, 3.63) is 23.8 Å². The summed E-state index contributed by atoms with van der Waals surface area (Å²) in [6.07, 6.45) is 4.10. The number of likely N-dealkylation sites (tertiary alicyclic amines) is 1. The van der Waals surface area contributed by atoms with Crippen molar-refractivity contribution in [2.24, 2.45) is 0 Å². The van der Waals surface area contributed by atoms with E-state index in [-0.39, 0.29) is 11.9 Å². The number of nitrogens with zero attached hydrogens (tertiary/aromatic N) is 2. The van der Waals surface area contributed by atoms with Gasteiger partial charge in [-0.1, -0.05) is 13.3 Å². The van der Waals surface area contributed by atoms with E-state index in [1.807, 2.05) is 36.0 Å². The van der Waals surface area contributed by atoms with Crippen LogP contribution in [0.2, 0.25) is 0 Å². The zero-order valence-electron chi connectivity index (χ0n) is 14.9. The lowest BCUT2D eigenvalue weighted by Crippen LogP contribution is -2.31. The van der Waals surface area contributed by atoms with Crippen LogP contribution in [0.5, 0.6) is 0 Å². The number of amides is 3. The summed E-state index contributed by atoms with van der Waals surface area (Å²) in [4.78, 5) is 28.5. The normalized spacial score (nSPS) is 13.7. The molecular formula is C18H28N4O2. The molecule has 1 fully saturated rings. The Balaban J connectivity index is 2.14. The molecule has 0 aliphatic carbocycles. The minimum atomic E-state index is -0.236. The average Bonchev–Trinajstić information content (AvgIpc) is 3.08. The minimum absolute atomic E-state index is 0.0336. The molecule has 24 heavy (non-hydrogen) atoms. The molecule has 0 saturated carbocycles. The first-order valence-electron chi connectivity index (χ1n) is 8.68. The minimum Gasteiger partial charge on any atom is -0.377 e.